The number of hydrogen-bond acceptors (Lipinski definition) is 7. The number of nitrogens with zero attached hydrogens (tertiary/aromatic N) is 6. The van der Waals surface area contributed by atoms with E-state index >= 15 is 0 Å². The molecule has 0 unspecified atom stereocenters. The summed E-state index contributed by atoms with van der Waals surface area (Å²) in [5.74, 6) is 1.68. The van der Waals surface area contributed by atoms with E-state index in [2.05, 4.69) is 10.2 Å². The van der Waals surface area contributed by atoms with Crippen LogP contribution in [0, 0.1) is 10.1 Å². The molecule has 5 rings (SSSR count). The number of para-hydroxylation sites is 2. The second-order valence-corrected chi connectivity index (χ2v) is 6.82. The van der Waals surface area contributed by atoms with Crippen LogP contribution in [-0.2, 0) is 6.54 Å². The molecule has 5 aromatic rings. The Kier molecular flexibility index (Phi) is 4.13. The monoisotopic (exact) mass is 400 g/mol. The Morgan fingerprint density at radius 3 is 2.67 bits per heavy atom. The van der Waals surface area contributed by atoms with Gasteiger partial charge in [-0.15, -0.1) is 10.2 Å². The summed E-state index contributed by atoms with van der Waals surface area (Å²) in [5, 5.41) is 21.1. The molecular formula is C21H16N6O3. The number of hydrogen-bond donors (Lipinski definition) is 0. The third-order valence-corrected chi connectivity index (χ3v) is 4.88. The van der Waals surface area contributed by atoms with Gasteiger partial charge in [0.05, 0.1) is 28.8 Å². The lowest BCUT2D eigenvalue weighted by Gasteiger charge is -2.19. The van der Waals surface area contributed by atoms with Gasteiger partial charge in [0.1, 0.15) is 5.76 Å². The van der Waals surface area contributed by atoms with Gasteiger partial charge in [0.2, 0.25) is 5.95 Å². The molecule has 0 saturated carbocycles. The second-order valence-electron chi connectivity index (χ2n) is 6.82. The van der Waals surface area contributed by atoms with Crippen molar-refractivity contribution < 1.29 is 9.34 Å². The summed E-state index contributed by atoms with van der Waals surface area (Å²) in [7, 11) is 1.88. The van der Waals surface area contributed by atoms with Crippen molar-refractivity contribution >= 4 is 28.2 Å². The first-order valence-corrected chi connectivity index (χ1v) is 9.24. The first-order chi connectivity index (χ1) is 14.6. The Morgan fingerprint density at radius 2 is 1.87 bits per heavy atom. The summed E-state index contributed by atoms with van der Waals surface area (Å²) >= 11 is 0. The van der Waals surface area contributed by atoms with E-state index in [1.165, 1.54) is 6.07 Å². The molecule has 0 amide bonds. The number of rotatable bonds is 5. The summed E-state index contributed by atoms with van der Waals surface area (Å²) in [6.45, 7) is 0.460. The Morgan fingerprint density at radius 1 is 1.07 bits per heavy atom. The number of furan rings is 1. The van der Waals surface area contributed by atoms with Gasteiger partial charge < -0.3 is 9.32 Å². The lowest BCUT2D eigenvalue weighted by atomic mass is 10.1. The lowest BCUT2D eigenvalue weighted by molar-refractivity contribution is -0.384. The smallest absolute Gasteiger partial charge is 0.280 e. The van der Waals surface area contributed by atoms with E-state index in [4.69, 9.17) is 9.40 Å². The maximum atomic E-state index is 11.6. The van der Waals surface area contributed by atoms with Crippen LogP contribution in [-0.4, -0.2) is 31.6 Å². The zero-order valence-corrected chi connectivity index (χ0v) is 16.0. The summed E-state index contributed by atoms with van der Waals surface area (Å²) in [4.78, 5) is 17.9. The number of nitro groups is 1. The van der Waals surface area contributed by atoms with Crippen LogP contribution in [0.4, 0.5) is 11.6 Å². The largest absolute Gasteiger partial charge is 0.467 e. The zero-order valence-electron chi connectivity index (χ0n) is 16.0. The molecule has 0 aliphatic rings. The van der Waals surface area contributed by atoms with E-state index in [1.807, 2.05) is 48.3 Å². The fourth-order valence-corrected chi connectivity index (χ4v) is 3.53. The van der Waals surface area contributed by atoms with Crippen LogP contribution in [0.2, 0.25) is 0 Å². The highest BCUT2D eigenvalue weighted by Crippen LogP contribution is 2.32. The summed E-state index contributed by atoms with van der Waals surface area (Å²) in [6, 6.07) is 17.8. The SMILES string of the molecule is CN(Cc1ccco1)c1nc2ccccc2c2nnc(-c3ccccc3[N+](=O)[O-])n12. The van der Waals surface area contributed by atoms with Gasteiger partial charge in [-0.25, -0.2) is 9.38 Å². The number of fused-ring (bicyclic) bond motifs is 3. The standard InChI is InChI=1S/C21H16N6O3/c1-25(13-14-7-6-12-30-14)21-22-17-10-4-2-8-15(17)19-23-24-20(26(19)21)16-9-3-5-11-18(16)27(28)29/h2-12H,13H2,1H3. The lowest BCUT2D eigenvalue weighted by Crippen LogP contribution is -2.21. The van der Waals surface area contributed by atoms with Crippen molar-refractivity contribution in [3.05, 3.63) is 82.8 Å². The first-order valence-electron chi connectivity index (χ1n) is 9.24. The van der Waals surface area contributed by atoms with Crippen molar-refractivity contribution in [3.8, 4) is 11.4 Å². The quantitative estimate of drug-likeness (QED) is 0.323. The van der Waals surface area contributed by atoms with Gasteiger partial charge in [0.15, 0.2) is 11.5 Å². The highest BCUT2D eigenvalue weighted by Gasteiger charge is 2.24. The minimum atomic E-state index is -0.420. The number of anilines is 1. The van der Waals surface area contributed by atoms with E-state index in [0.29, 0.717) is 29.5 Å². The Hall–Kier alpha value is -4.27. The molecule has 0 fully saturated rings. The summed E-state index contributed by atoms with van der Waals surface area (Å²) in [6.07, 6.45) is 1.62. The fraction of sp³-hybridized carbons (Fsp3) is 0.0952. The molecule has 3 heterocycles. The second kappa shape index (κ2) is 6.96. The van der Waals surface area contributed by atoms with E-state index in [9.17, 15) is 10.1 Å². The van der Waals surface area contributed by atoms with Gasteiger partial charge in [-0.05, 0) is 30.3 Å². The van der Waals surface area contributed by atoms with Gasteiger partial charge in [-0.1, -0.05) is 24.3 Å². The van der Waals surface area contributed by atoms with Crippen molar-refractivity contribution in [2.24, 2.45) is 0 Å². The van der Waals surface area contributed by atoms with Gasteiger partial charge >= 0.3 is 0 Å². The van der Waals surface area contributed by atoms with Crippen molar-refractivity contribution in [2.45, 2.75) is 6.54 Å². The van der Waals surface area contributed by atoms with Crippen LogP contribution in [0.3, 0.4) is 0 Å². The first kappa shape index (κ1) is 17.8. The number of aromatic nitrogens is 4. The molecule has 0 saturated heterocycles. The van der Waals surface area contributed by atoms with Crippen LogP contribution in [0.25, 0.3) is 27.9 Å². The summed E-state index contributed by atoms with van der Waals surface area (Å²) in [5.41, 5.74) is 1.67. The molecule has 30 heavy (non-hydrogen) atoms. The van der Waals surface area contributed by atoms with Crippen LogP contribution >= 0.6 is 0 Å². The van der Waals surface area contributed by atoms with E-state index in [1.54, 1.807) is 28.9 Å². The molecule has 0 bridgehead atoms. The third-order valence-electron chi connectivity index (χ3n) is 4.88. The minimum absolute atomic E-state index is 0.0420. The zero-order chi connectivity index (χ0) is 20.7. The molecule has 148 valence electrons. The van der Waals surface area contributed by atoms with Crippen LogP contribution in [0.1, 0.15) is 5.76 Å². The molecule has 0 radical (unpaired) electrons. The molecule has 3 aromatic heterocycles. The fourth-order valence-electron chi connectivity index (χ4n) is 3.53. The van der Waals surface area contributed by atoms with Crippen molar-refractivity contribution in [1.29, 1.82) is 0 Å². The van der Waals surface area contributed by atoms with E-state index in [-0.39, 0.29) is 5.69 Å². The minimum Gasteiger partial charge on any atom is -0.467 e. The summed E-state index contributed by atoms with van der Waals surface area (Å²) < 4.78 is 7.23. The maximum Gasteiger partial charge on any atom is 0.280 e. The molecular weight excluding hydrogens is 384 g/mol. The van der Waals surface area contributed by atoms with E-state index < -0.39 is 4.92 Å². The molecule has 0 N–H and O–H groups in total. The molecule has 2 aromatic carbocycles. The van der Waals surface area contributed by atoms with Crippen LogP contribution in [0.15, 0.2) is 71.3 Å². The predicted molar refractivity (Wildman–Crippen MR) is 111 cm³/mol. The number of benzene rings is 2. The van der Waals surface area contributed by atoms with E-state index in [0.717, 1.165) is 16.7 Å². The van der Waals surface area contributed by atoms with Gasteiger partial charge in [-0.3, -0.25) is 10.1 Å². The van der Waals surface area contributed by atoms with Gasteiger partial charge in [0, 0.05) is 18.5 Å². The highest BCUT2D eigenvalue weighted by molar-refractivity contribution is 5.93. The Balaban J connectivity index is 1.80. The normalized spacial score (nSPS) is 11.2. The average molecular weight is 400 g/mol. The highest BCUT2D eigenvalue weighted by atomic mass is 16.6. The average Bonchev–Trinajstić information content (AvgIpc) is 3.43. The maximum absolute atomic E-state index is 11.6. The Labute approximate surface area is 170 Å². The third kappa shape index (κ3) is 2.84. The molecule has 9 nitrogen and oxygen atoms in total. The number of nitro benzene ring substituents is 1. The Bertz CT molecular complexity index is 1380. The van der Waals surface area contributed by atoms with Crippen molar-refractivity contribution in [2.75, 3.05) is 11.9 Å². The van der Waals surface area contributed by atoms with Crippen LogP contribution < -0.4 is 4.90 Å². The van der Waals surface area contributed by atoms with Crippen LogP contribution in [0.5, 0.6) is 0 Å². The van der Waals surface area contributed by atoms with Gasteiger partial charge in [-0.2, -0.15) is 0 Å². The topological polar surface area (TPSA) is 103 Å². The molecule has 0 aliphatic carbocycles. The predicted octanol–water partition coefficient (Wildman–Crippen LogP) is 4.08. The van der Waals surface area contributed by atoms with Crippen molar-refractivity contribution in [1.82, 2.24) is 19.6 Å². The molecule has 9 heteroatoms. The molecule has 0 atom stereocenters. The molecule has 0 aliphatic heterocycles. The van der Waals surface area contributed by atoms with Gasteiger partial charge in [0.25, 0.3) is 5.69 Å². The van der Waals surface area contributed by atoms with Crippen molar-refractivity contribution in [3.63, 3.8) is 0 Å². The molecule has 0 spiro atoms.